The van der Waals surface area contributed by atoms with Crippen LogP contribution < -0.4 is 10.6 Å². The highest BCUT2D eigenvalue weighted by molar-refractivity contribution is 8.01. The number of thioether (sulfide) groups is 1. The van der Waals surface area contributed by atoms with Crippen LogP contribution in [0.25, 0.3) is 0 Å². The molecule has 0 aromatic heterocycles. The van der Waals surface area contributed by atoms with Gasteiger partial charge in [-0.25, -0.2) is 12.8 Å². The quantitative estimate of drug-likeness (QED) is 0.833. The summed E-state index contributed by atoms with van der Waals surface area (Å²) in [5.41, 5.74) is 6.68. The van der Waals surface area contributed by atoms with Crippen LogP contribution >= 0.6 is 11.8 Å². The van der Waals surface area contributed by atoms with E-state index in [4.69, 9.17) is 5.73 Å². The molecule has 1 aromatic carbocycles. The molecule has 0 radical (unpaired) electrons. The molecule has 0 spiro atoms. The largest absolute Gasteiger partial charge is 0.397 e. The standard InChI is InChI=1S/C11H15FN2O2S2/c1-18(15,16)11-7-17-5-4-14(11)10-6-8(12)2-3-9(10)13/h2-3,6,11H,4-5,7,13H2,1H3. The van der Waals surface area contributed by atoms with Crippen LogP contribution in [0.2, 0.25) is 0 Å². The summed E-state index contributed by atoms with van der Waals surface area (Å²) in [5, 5.41) is -0.639. The van der Waals surface area contributed by atoms with E-state index in [0.717, 1.165) is 5.75 Å². The second-order valence-electron chi connectivity index (χ2n) is 4.26. The minimum absolute atomic E-state index is 0.400. The number of hydrogen-bond acceptors (Lipinski definition) is 5. The Labute approximate surface area is 110 Å². The molecule has 4 nitrogen and oxygen atoms in total. The fourth-order valence-corrected chi connectivity index (χ4v) is 4.81. The van der Waals surface area contributed by atoms with Crippen molar-refractivity contribution in [1.29, 1.82) is 0 Å². The van der Waals surface area contributed by atoms with Crippen LogP contribution in [-0.4, -0.2) is 38.1 Å². The molecule has 1 heterocycles. The third kappa shape index (κ3) is 2.72. The number of halogens is 1. The fourth-order valence-electron chi connectivity index (χ4n) is 1.98. The first-order chi connectivity index (χ1) is 8.39. The molecule has 1 atom stereocenters. The highest BCUT2D eigenvalue weighted by Gasteiger charge is 2.32. The van der Waals surface area contributed by atoms with Gasteiger partial charge in [-0.1, -0.05) is 0 Å². The zero-order valence-electron chi connectivity index (χ0n) is 9.97. The number of nitrogens with zero attached hydrogens (tertiary/aromatic N) is 1. The van der Waals surface area contributed by atoms with E-state index in [2.05, 4.69) is 0 Å². The number of hydrogen-bond donors (Lipinski definition) is 1. The second kappa shape index (κ2) is 4.97. The Morgan fingerprint density at radius 2 is 2.22 bits per heavy atom. The molecule has 100 valence electrons. The van der Waals surface area contributed by atoms with Gasteiger partial charge < -0.3 is 10.6 Å². The molecule has 7 heteroatoms. The van der Waals surface area contributed by atoms with Gasteiger partial charge in [0.15, 0.2) is 9.84 Å². The van der Waals surface area contributed by atoms with Gasteiger partial charge in [0, 0.05) is 24.3 Å². The number of benzene rings is 1. The van der Waals surface area contributed by atoms with Gasteiger partial charge in [0.2, 0.25) is 0 Å². The second-order valence-corrected chi connectivity index (χ2v) is 7.61. The van der Waals surface area contributed by atoms with Crippen LogP contribution in [0.1, 0.15) is 0 Å². The van der Waals surface area contributed by atoms with Gasteiger partial charge in [-0.2, -0.15) is 11.8 Å². The monoisotopic (exact) mass is 290 g/mol. The third-order valence-electron chi connectivity index (χ3n) is 2.88. The molecule has 0 amide bonds. The predicted molar refractivity (Wildman–Crippen MR) is 74.1 cm³/mol. The lowest BCUT2D eigenvalue weighted by Gasteiger charge is -2.36. The molecule has 0 saturated carbocycles. The van der Waals surface area contributed by atoms with Crippen molar-refractivity contribution in [2.75, 3.05) is 34.9 Å². The van der Waals surface area contributed by atoms with Crippen LogP contribution in [0.5, 0.6) is 0 Å². The first-order valence-corrected chi connectivity index (χ1v) is 8.59. The van der Waals surface area contributed by atoms with Gasteiger partial charge in [0.05, 0.1) is 11.4 Å². The number of anilines is 2. The zero-order chi connectivity index (χ0) is 13.3. The SMILES string of the molecule is CS(=O)(=O)C1CSCCN1c1cc(F)ccc1N. The molecule has 1 aliphatic heterocycles. The molecule has 1 aromatic rings. The maximum Gasteiger partial charge on any atom is 0.169 e. The number of nitrogen functional groups attached to an aromatic ring is 1. The molecular formula is C11H15FN2O2S2. The summed E-state index contributed by atoms with van der Waals surface area (Å²) < 4.78 is 36.8. The van der Waals surface area contributed by atoms with Gasteiger partial charge in [0.25, 0.3) is 0 Å². The molecule has 1 saturated heterocycles. The molecule has 1 fully saturated rings. The molecule has 18 heavy (non-hydrogen) atoms. The molecule has 0 aliphatic carbocycles. The first kappa shape index (κ1) is 13.5. The van der Waals surface area contributed by atoms with E-state index in [1.165, 1.54) is 24.5 Å². The van der Waals surface area contributed by atoms with Crippen molar-refractivity contribution in [3.63, 3.8) is 0 Å². The zero-order valence-corrected chi connectivity index (χ0v) is 11.6. The smallest absolute Gasteiger partial charge is 0.169 e. The number of rotatable bonds is 2. The van der Waals surface area contributed by atoms with Crippen LogP contribution in [0.4, 0.5) is 15.8 Å². The number of sulfone groups is 1. The Morgan fingerprint density at radius 3 is 2.89 bits per heavy atom. The fraction of sp³-hybridized carbons (Fsp3) is 0.455. The molecule has 2 N–H and O–H groups in total. The summed E-state index contributed by atoms with van der Waals surface area (Å²) in [5.74, 6) is 0.876. The number of nitrogens with two attached hydrogens (primary N) is 1. The summed E-state index contributed by atoms with van der Waals surface area (Å²) in [7, 11) is -3.23. The summed E-state index contributed by atoms with van der Waals surface area (Å²) >= 11 is 1.58. The van der Waals surface area contributed by atoms with E-state index >= 15 is 0 Å². The summed E-state index contributed by atoms with van der Waals surface area (Å²) in [6.45, 7) is 0.552. The van der Waals surface area contributed by atoms with Crippen LogP contribution in [0.15, 0.2) is 18.2 Å². The average Bonchev–Trinajstić information content (AvgIpc) is 2.31. The Kier molecular flexibility index (Phi) is 3.72. The lowest BCUT2D eigenvalue weighted by molar-refractivity contribution is 0.583. The minimum Gasteiger partial charge on any atom is -0.397 e. The van der Waals surface area contributed by atoms with Gasteiger partial charge in [-0.05, 0) is 18.2 Å². The van der Waals surface area contributed by atoms with E-state index in [9.17, 15) is 12.8 Å². The van der Waals surface area contributed by atoms with Crippen molar-refractivity contribution in [3.8, 4) is 0 Å². The van der Waals surface area contributed by atoms with E-state index in [0.29, 0.717) is 23.7 Å². The summed E-state index contributed by atoms with van der Waals surface area (Å²) in [4.78, 5) is 1.68. The van der Waals surface area contributed by atoms with Gasteiger partial charge in [0.1, 0.15) is 11.2 Å². The Morgan fingerprint density at radius 1 is 1.50 bits per heavy atom. The van der Waals surface area contributed by atoms with Gasteiger partial charge in [-0.3, -0.25) is 0 Å². The van der Waals surface area contributed by atoms with Gasteiger partial charge in [-0.15, -0.1) is 0 Å². The van der Waals surface area contributed by atoms with Crippen LogP contribution in [0.3, 0.4) is 0 Å². The molecule has 0 bridgehead atoms. The van der Waals surface area contributed by atoms with Crippen molar-refractivity contribution >= 4 is 33.0 Å². The molecule has 1 aliphatic rings. The molecule has 1 unspecified atom stereocenters. The predicted octanol–water partition coefficient (Wildman–Crippen LogP) is 1.33. The molecule has 2 rings (SSSR count). The minimum atomic E-state index is -3.23. The first-order valence-electron chi connectivity index (χ1n) is 5.48. The van der Waals surface area contributed by atoms with Crippen LogP contribution in [0, 0.1) is 5.82 Å². The van der Waals surface area contributed by atoms with Crippen molar-refractivity contribution in [1.82, 2.24) is 0 Å². The van der Waals surface area contributed by atoms with Crippen molar-refractivity contribution in [2.45, 2.75) is 5.37 Å². The lowest BCUT2D eigenvalue weighted by Crippen LogP contribution is -2.47. The molecular weight excluding hydrogens is 275 g/mol. The Bertz CT molecular complexity index is 548. The normalized spacial score (nSPS) is 21.0. The van der Waals surface area contributed by atoms with Gasteiger partial charge >= 0.3 is 0 Å². The maximum absolute atomic E-state index is 13.3. The summed E-state index contributed by atoms with van der Waals surface area (Å²) in [6.07, 6.45) is 1.20. The highest BCUT2D eigenvalue weighted by atomic mass is 32.2. The van der Waals surface area contributed by atoms with Crippen molar-refractivity contribution < 1.29 is 12.8 Å². The lowest BCUT2D eigenvalue weighted by atomic mass is 10.2. The Hall–Kier alpha value is -0.950. The topological polar surface area (TPSA) is 63.4 Å². The Balaban J connectivity index is 2.43. The summed E-state index contributed by atoms with van der Waals surface area (Å²) in [6, 6.07) is 4.03. The highest BCUT2D eigenvalue weighted by Crippen LogP contribution is 2.31. The van der Waals surface area contributed by atoms with E-state index in [1.807, 2.05) is 0 Å². The van der Waals surface area contributed by atoms with E-state index in [1.54, 1.807) is 16.7 Å². The van der Waals surface area contributed by atoms with Crippen LogP contribution in [-0.2, 0) is 9.84 Å². The average molecular weight is 290 g/mol. The maximum atomic E-state index is 13.3. The van der Waals surface area contributed by atoms with E-state index in [-0.39, 0.29) is 0 Å². The van der Waals surface area contributed by atoms with Crippen molar-refractivity contribution in [3.05, 3.63) is 24.0 Å². The van der Waals surface area contributed by atoms with Crippen molar-refractivity contribution in [2.24, 2.45) is 0 Å². The van der Waals surface area contributed by atoms with E-state index < -0.39 is 21.0 Å². The third-order valence-corrected chi connectivity index (χ3v) is 5.52.